The van der Waals surface area contributed by atoms with Gasteiger partial charge >= 0.3 is 0 Å². The standard InChI is InChI=1S/C23H25FN2O/c1-15-7-8-18(24)13-19(15)23(27)26-14-20(16-5-3-2-4-6-16)22-21(26)17-9-11-25(22)12-10-17/h2-8,13,17,20-22H,9-12,14H2,1H3/t20-,21+,22+/m0/s1. The van der Waals surface area contributed by atoms with Crippen molar-refractivity contribution in [2.24, 2.45) is 5.92 Å². The van der Waals surface area contributed by atoms with Crippen LogP contribution in [0.2, 0.25) is 0 Å². The number of piperidine rings is 3. The van der Waals surface area contributed by atoms with Gasteiger partial charge in [-0.05, 0) is 62.0 Å². The Morgan fingerprint density at radius 2 is 1.78 bits per heavy atom. The van der Waals surface area contributed by atoms with Crippen molar-refractivity contribution in [1.82, 2.24) is 9.80 Å². The van der Waals surface area contributed by atoms with Gasteiger partial charge in [0.2, 0.25) is 0 Å². The van der Waals surface area contributed by atoms with E-state index >= 15 is 0 Å². The summed E-state index contributed by atoms with van der Waals surface area (Å²) in [5.74, 6) is 0.547. The van der Waals surface area contributed by atoms with Crippen LogP contribution in [0.4, 0.5) is 4.39 Å². The van der Waals surface area contributed by atoms with Gasteiger partial charge < -0.3 is 4.90 Å². The van der Waals surface area contributed by atoms with Gasteiger partial charge in [0.05, 0.1) is 6.04 Å². The van der Waals surface area contributed by atoms with Gasteiger partial charge in [-0.1, -0.05) is 36.4 Å². The highest BCUT2D eigenvalue weighted by atomic mass is 19.1. The van der Waals surface area contributed by atoms with Crippen LogP contribution < -0.4 is 0 Å². The van der Waals surface area contributed by atoms with Gasteiger partial charge in [-0.25, -0.2) is 4.39 Å². The molecule has 6 rings (SSSR count). The van der Waals surface area contributed by atoms with Crippen molar-refractivity contribution >= 4 is 5.91 Å². The number of hydrogen-bond donors (Lipinski definition) is 0. The third-order valence-electron chi connectivity index (χ3n) is 6.91. The minimum atomic E-state index is -0.340. The minimum absolute atomic E-state index is 0.00539. The molecule has 0 spiro atoms. The zero-order valence-electron chi connectivity index (χ0n) is 15.6. The zero-order chi connectivity index (χ0) is 18.5. The normalized spacial score (nSPS) is 31.8. The number of halogens is 1. The molecule has 0 N–H and O–H groups in total. The van der Waals surface area contributed by atoms with E-state index < -0.39 is 0 Å². The lowest BCUT2D eigenvalue weighted by atomic mass is 9.75. The Labute approximate surface area is 159 Å². The van der Waals surface area contributed by atoms with E-state index in [1.807, 2.05) is 13.0 Å². The smallest absolute Gasteiger partial charge is 0.254 e. The second kappa shape index (κ2) is 6.45. The molecule has 0 aromatic heterocycles. The number of carbonyl (C=O) groups excluding carboxylic acids is 1. The Bertz CT molecular complexity index is 860. The summed E-state index contributed by atoms with van der Waals surface area (Å²) in [5, 5.41) is 0. The van der Waals surface area contributed by atoms with E-state index in [1.165, 1.54) is 17.7 Å². The molecule has 3 nitrogen and oxygen atoms in total. The molecule has 27 heavy (non-hydrogen) atoms. The van der Waals surface area contributed by atoms with E-state index in [4.69, 9.17) is 0 Å². The number of benzene rings is 2. The lowest BCUT2D eigenvalue weighted by molar-refractivity contribution is -0.00344. The van der Waals surface area contributed by atoms with Crippen LogP contribution in [0.1, 0.15) is 40.2 Å². The fourth-order valence-electron chi connectivity index (χ4n) is 5.63. The third kappa shape index (κ3) is 2.69. The molecule has 4 fully saturated rings. The molecule has 0 unspecified atom stereocenters. The van der Waals surface area contributed by atoms with E-state index in [-0.39, 0.29) is 17.8 Å². The number of rotatable bonds is 2. The van der Waals surface area contributed by atoms with Crippen molar-refractivity contribution in [3.05, 3.63) is 71.0 Å². The number of likely N-dealkylation sites (tertiary alicyclic amines) is 1. The molecule has 4 heterocycles. The number of amides is 1. The predicted molar refractivity (Wildman–Crippen MR) is 103 cm³/mol. The number of nitrogens with zero attached hydrogens (tertiary/aromatic N) is 2. The second-order valence-electron chi connectivity index (χ2n) is 8.29. The maximum absolute atomic E-state index is 13.8. The SMILES string of the molecule is Cc1ccc(F)cc1C(=O)N1C[C@@H](c2ccccc2)[C@@H]2[C@H]1C1CCN2CC1. The fraction of sp³-hybridized carbons (Fsp3) is 0.435. The first kappa shape index (κ1) is 16.9. The average molecular weight is 364 g/mol. The Kier molecular flexibility index (Phi) is 4.05. The summed E-state index contributed by atoms with van der Waals surface area (Å²) >= 11 is 0. The summed E-state index contributed by atoms with van der Waals surface area (Å²) in [6.07, 6.45) is 2.32. The van der Waals surface area contributed by atoms with Crippen molar-refractivity contribution in [3.63, 3.8) is 0 Å². The molecule has 4 saturated heterocycles. The van der Waals surface area contributed by atoms with E-state index in [0.29, 0.717) is 23.4 Å². The van der Waals surface area contributed by atoms with Crippen LogP contribution in [0.3, 0.4) is 0 Å². The largest absolute Gasteiger partial charge is 0.333 e. The molecule has 0 radical (unpaired) electrons. The summed E-state index contributed by atoms with van der Waals surface area (Å²) in [6.45, 7) is 4.89. The lowest BCUT2D eigenvalue weighted by Gasteiger charge is -2.51. The summed E-state index contributed by atoms with van der Waals surface area (Å²) in [4.78, 5) is 18.1. The maximum Gasteiger partial charge on any atom is 0.254 e. The maximum atomic E-state index is 13.8. The van der Waals surface area contributed by atoms with Crippen molar-refractivity contribution < 1.29 is 9.18 Å². The molecule has 3 atom stereocenters. The van der Waals surface area contributed by atoms with Gasteiger partial charge in [-0.3, -0.25) is 9.69 Å². The van der Waals surface area contributed by atoms with Crippen LogP contribution in [0, 0.1) is 18.7 Å². The van der Waals surface area contributed by atoms with Gasteiger partial charge in [0, 0.05) is 24.1 Å². The van der Waals surface area contributed by atoms with Gasteiger partial charge in [0.1, 0.15) is 5.82 Å². The van der Waals surface area contributed by atoms with Crippen LogP contribution in [-0.2, 0) is 0 Å². The molecule has 140 valence electrons. The first-order valence-corrected chi connectivity index (χ1v) is 9.99. The summed E-state index contributed by atoms with van der Waals surface area (Å²) in [6, 6.07) is 15.8. The Balaban J connectivity index is 1.54. The van der Waals surface area contributed by atoms with E-state index in [1.54, 1.807) is 6.07 Å². The molecule has 2 aromatic carbocycles. The number of hydrogen-bond acceptors (Lipinski definition) is 2. The van der Waals surface area contributed by atoms with Gasteiger partial charge in [-0.15, -0.1) is 0 Å². The Morgan fingerprint density at radius 3 is 2.52 bits per heavy atom. The summed E-state index contributed by atoms with van der Waals surface area (Å²) in [7, 11) is 0. The summed E-state index contributed by atoms with van der Waals surface area (Å²) in [5.41, 5.74) is 2.67. The van der Waals surface area contributed by atoms with E-state index in [0.717, 1.165) is 38.0 Å². The van der Waals surface area contributed by atoms with Crippen LogP contribution >= 0.6 is 0 Å². The van der Waals surface area contributed by atoms with Crippen molar-refractivity contribution in [1.29, 1.82) is 0 Å². The van der Waals surface area contributed by atoms with Crippen molar-refractivity contribution in [3.8, 4) is 0 Å². The quantitative estimate of drug-likeness (QED) is 0.808. The molecule has 2 aromatic rings. The van der Waals surface area contributed by atoms with E-state index in [9.17, 15) is 9.18 Å². The molecule has 4 aliphatic heterocycles. The van der Waals surface area contributed by atoms with Crippen LogP contribution in [0.15, 0.2) is 48.5 Å². The van der Waals surface area contributed by atoms with Gasteiger partial charge in [0.15, 0.2) is 0 Å². The van der Waals surface area contributed by atoms with Crippen LogP contribution in [0.25, 0.3) is 0 Å². The lowest BCUT2D eigenvalue weighted by Crippen LogP contribution is -2.60. The first-order chi connectivity index (χ1) is 13.1. The average Bonchev–Trinajstić information content (AvgIpc) is 3.14. The molecule has 0 saturated carbocycles. The van der Waals surface area contributed by atoms with Gasteiger partial charge in [-0.2, -0.15) is 0 Å². The zero-order valence-corrected chi connectivity index (χ0v) is 15.6. The van der Waals surface area contributed by atoms with Crippen LogP contribution in [0.5, 0.6) is 0 Å². The van der Waals surface area contributed by atoms with Gasteiger partial charge in [0.25, 0.3) is 5.91 Å². The highest BCUT2D eigenvalue weighted by Crippen LogP contribution is 2.47. The highest BCUT2D eigenvalue weighted by Gasteiger charge is 2.54. The Hall–Kier alpha value is -2.20. The molecule has 1 amide bonds. The number of carbonyl (C=O) groups is 1. The second-order valence-corrected chi connectivity index (χ2v) is 8.29. The van der Waals surface area contributed by atoms with Crippen molar-refractivity contribution in [2.75, 3.05) is 19.6 Å². The fourth-order valence-corrected chi connectivity index (χ4v) is 5.63. The minimum Gasteiger partial charge on any atom is -0.333 e. The van der Waals surface area contributed by atoms with Crippen molar-refractivity contribution in [2.45, 2.75) is 37.8 Å². The first-order valence-electron chi connectivity index (χ1n) is 9.99. The summed E-state index contributed by atoms with van der Waals surface area (Å²) < 4.78 is 13.8. The monoisotopic (exact) mass is 364 g/mol. The molecular weight excluding hydrogens is 339 g/mol. The van der Waals surface area contributed by atoms with E-state index in [2.05, 4.69) is 34.1 Å². The van der Waals surface area contributed by atoms with Crippen LogP contribution in [-0.4, -0.2) is 47.4 Å². The molecule has 2 bridgehead atoms. The number of fused-ring (bicyclic) bond motifs is 2. The molecule has 0 aliphatic carbocycles. The highest BCUT2D eigenvalue weighted by molar-refractivity contribution is 5.96. The molecular formula is C23H25FN2O. The third-order valence-corrected chi connectivity index (χ3v) is 6.91. The molecule has 4 heteroatoms. The molecule has 4 aliphatic rings. The predicted octanol–water partition coefficient (Wildman–Crippen LogP) is 3.84. The number of aryl methyl sites for hydroxylation is 1. The Morgan fingerprint density at radius 1 is 1.04 bits per heavy atom. The topological polar surface area (TPSA) is 23.6 Å².